The first-order chi connectivity index (χ1) is 21.0. The van der Waals surface area contributed by atoms with Crippen molar-refractivity contribution in [1.82, 2.24) is 15.1 Å². The maximum Gasteiger partial charge on any atom is 0.325 e. The van der Waals surface area contributed by atoms with Gasteiger partial charge in [0.05, 0.1) is 18.9 Å². The van der Waals surface area contributed by atoms with Gasteiger partial charge in [-0.3, -0.25) is 19.7 Å². The summed E-state index contributed by atoms with van der Waals surface area (Å²) in [6.45, 7) is 13.8. The highest BCUT2D eigenvalue weighted by atomic mass is 16.5. The van der Waals surface area contributed by atoms with Gasteiger partial charge in [0.15, 0.2) is 0 Å². The second kappa shape index (κ2) is 17.4. The van der Waals surface area contributed by atoms with Crippen molar-refractivity contribution >= 4 is 29.4 Å². The molecule has 1 aromatic carbocycles. The summed E-state index contributed by atoms with van der Waals surface area (Å²) >= 11 is 0. The molecule has 0 saturated heterocycles. The van der Waals surface area contributed by atoms with Crippen LogP contribution in [-0.2, 0) is 25.7 Å². The monoisotopic (exact) mass is 612 g/mol. The highest BCUT2D eigenvalue weighted by Crippen LogP contribution is 2.30. The molecule has 0 spiro atoms. The largest absolute Gasteiger partial charge is 0.494 e. The summed E-state index contributed by atoms with van der Waals surface area (Å²) in [6.07, 6.45) is 11.8. The Labute approximate surface area is 265 Å². The van der Waals surface area contributed by atoms with Crippen LogP contribution in [0.3, 0.4) is 0 Å². The van der Waals surface area contributed by atoms with Crippen molar-refractivity contribution in [2.24, 2.45) is 16.3 Å². The molecule has 3 rings (SSSR count). The number of nitrogens with zero attached hydrogens (tertiary/aromatic N) is 3. The van der Waals surface area contributed by atoms with E-state index in [-0.39, 0.29) is 35.7 Å². The fourth-order valence-corrected chi connectivity index (χ4v) is 5.51. The number of esters is 1. The maximum absolute atomic E-state index is 13.3. The fraction of sp³-hybridized carbons (Fsp3) is 0.714. The van der Waals surface area contributed by atoms with Crippen molar-refractivity contribution in [3.8, 4) is 5.75 Å². The number of ether oxygens (including phenoxy) is 2. The van der Waals surface area contributed by atoms with Crippen LogP contribution in [0.2, 0.25) is 0 Å². The summed E-state index contributed by atoms with van der Waals surface area (Å²) in [7, 11) is 0. The van der Waals surface area contributed by atoms with Gasteiger partial charge < -0.3 is 19.3 Å². The first-order valence-electron chi connectivity index (χ1n) is 16.8. The number of fused-ring (bicyclic) bond motifs is 1. The quantitative estimate of drug-likeness (QED) is 0.174. The van der Waals surface area contributed by atoms with Gasteiger partial charge in [0.2, 0.25) is 17.8 Å². The molecule has 246 valence electrons. The van der Waals surface area contributed by atoms with E-state index in [4.69, 9.17) is 9.47 Å². The van der Waals surface area contributed by atoms with Crippen LogP contribution in [0.1, 0.15) is 118 Å². The second-order valence-electron chi connectivity index (χ2n) is 13.8. The molecule has 9 heteroatoms. The average molecular weight is 613 g/mol. The molecular formula is C35H56N4O5. The third-order valence-corrected chi connectivity index (χ3v) is 8.08. The SMILES string of the molecule is CCCCCCN(C(=O)CCCOc1ccc2c(c1)CN(CC(=O)OCC(C)(C)C)C(NC(=O)C(C)C)=N2)C1CCCCC1. The number of hydrogen-bond acceptors (Lipinski definition) is 7. The van der Waals surface area contributed by atoms with E-state index in [0.29, 0.717) is 50.4 Å². The average Bonchev–Trinajstić information content (AvgIpc) is 2.98. The number of guanidine groups is 1. The molecule has 1 aromatic rings. The Balaban J connectivity index is 1.59. The van der Waals surface area contributed by atoms with Crippen LogP contribution in [0, 0.1) is 11.3 Å². The Bertz CT molecular complexity index is 1120. The standard InChI is InChI=1S/C35H56N4O5/c1-7-8-9-13-20-39(28-15-11-10-12-16-28)31(40)17-14-21-43-29-18-19-30-27(22-29)23-38(24-32(41)44-25-35(4,5)6)34(36-30)37-33(42)26(2)3/h18-19,22,26,28H,7-17,20-21,23-25H2,1-6H3,(H,36,37,42). The highest BCUT2D eigenvalue weighted by molar-refractivity contribution is 6.00. The number of benzene rings is 1. The zero-order chi connectivity index (χ0) is 32.1. The minimum atomic E-state index is -0.375. The molecule has 1 fully saturated rings. The Morgan fingerprint density at radius 2 is 1.82 bits per heavy atom. The highest BCUT2D eigenvalue weighted by Gasteiger charge is 2.27. The van der Waals surface area contributed by atoms with Crippen LogP contribution in [-0.4, -0.2) is 65.9 Å². The Morgan fingerprint density at radius 3 is 2.50 bits per heavy atom. The lowest BCUT2D eigenvalue weighted by Crippen LogP contribution is -2.48. The molecule has 1 saturated carbocycles. The topological polar surface area (TPSA) is 101 Å². The van der Waals surface area contributed by atoms with Crippen molar-refractivity contribution in [1.29, 1.82) is 0 Å². The Kier molecular flexibility index (Phi) is 14.0. The number of unbranched alkanes of at least 4 members (excludes halogenated alkanes) is 3. The molecule has 0 bridgehead atoms. The summed E-state index contributed by atoms with van der Waals surface area (Å²) in [4.78, 5) is 47.0. The van der Waals surface area contributed by atoms with Gasteiger partial charge in [0.1, 0.15) is 12.3 Å². The first-order valence-corrected chi connectivity index (χ1v) is 16.8. The number of hydrogen-bond donors (Lipinski definition) is 1. The fourth-order valence-electron chi connectivity index (χ4n) is 5.51. The lowest BCUT2D eigenvalue weighted by molar-refractivity contribution is -0.147. The van der Waals surface area contributed by atoms with Crippen LogP contribution in [0.15, 0.2) is 23.2 Å². The van der Waals surface area contributed by atoms with Gasteiger partial charge in [0, 0.05) is 37.0 Å². The van der Waals surface area contributed by atoms with Crippen molar-refractivity contribution in [2.45, 2.75) is 125 Å². The van der Waals surface area contributed by atoms with E-state index < -0.39 is 0 Å². The van der Waals surface area contributed by atoms with Gasteiger partial charge in [-0.1, -0.05) is 80.1 Å². The number of amides is 2. The van der Waals surface area contributed by atoms with Gasteiger partial charge >= 0.3 is 5.97 Å². The zero-order valence-electron chi connectivity index (χ0n) is 28.1. The van der Waals surface area contributed by atoms with Gasteiger partial charge in [-0.05, 0) is 49.3 Å². The molecule has 0 atom stereocenters. The van der Waals surface area contributed by atoms with Crippen molar-refractivity contribution in [2.75, 3.05) is 26.3 Å². The van der Waals surface area contributed by atoms with Crippen molar-refractivity contribution < 1.29 is 23.9 Å². The normalized spacial score (nSPS) is 15.4. The smallest absolute Gasteiger partial charge is 0.325 e. The number of aliphatic imine (C=N–C) groups is 1. The molecule has 0 radical (unpaired) electrons. The van der Waals surface area contributed by atoms with E-state index in [0.717, 1.165) is 37.1 Å². The summed E-state index contributed by atoms with van der Waals surface area (Å²) in [5, 5.41) is 2.87. The molecule has 0 aromatic heterocycles. The van der Waals surface area contributed by atoms with Crippen molar-refractivity contribution in [3.63, 3.8) is 0 Å². The summed E-state index contributed by atoms with van der Waals surface area (Å²) in [6, 6.07) is 6.05. The van der Waals surface area contributed by atoms with Gasteiger partial charge in [0.25, 0.3) is 0 Å². The summed E-state index contributed by atoms with van der Waals surface area (Å²) < 4.78 is 11.6. The van der Waals surface area contributed by atoms with Crippen LogP contribution >= 0.6 is 0 Å². The summed E-state index contributed by atoms with van der Waals surface area (Å²) in [5.41, 5.74) is 1.46. The molecule has 9 nitrogen and oxygen atoms in total. The molecule has 1 aliphatic heterocycles. The minimum absolute atomic E-state index is 0.0319. The van der Waals surface area contributed by atoms with E-state index in [9.17, 15) is 14.4 Å². The molecule has 1 aliphatic carbocycles. The minimum Gasteiger partial charge on any atom is -0.494 e. The Hall–Kier alpha value is -3.10. The first kappa shape index (κ1) is 35.4. The molecule has 2 amide bonds. The van der Waals surface area contributed by atoms with E-state index in [1.165, 1.54) is 38.5 Å². The van der Waals surface area contributed by atoms with Gasteiger partial charge in [-0.2, -0.15) is 0 Å². The number of carbonyl (C=O) groups is 3. The zero-order valence-corrected chi connectivity index (χ0v) is 28.1. The van der Waals surface area contributed by atoms with Crippen LogP contribution in [0.5, 0.6) is 5.75 Å². The molecule has 1 heterocycles. The van der Waals surface area contributed by atoms with E-state index in [2.05, 4.69) is 22.1 Å². The maximum atomic E-state index is 13.3. The molecular weight excluding hydrogens is 556 g/mol. The van der Waals surface area contributed by atoms with E-state index >= 15 is 0 Å². The van der Waals surface area contributed by atoms with Gasteiger partial charge in [-0.25, -0.2) is 4.99 Å². The van der Waals surface area contributed by atoms with Crippen LogP contribution in [0.4, 0.5) is 5.69 Å². The van der Waals surface area contributed by atoms with Gasteiger partial charge in [-0.15, -0.1) is 0 Å². The van der Waals surface area contributed by atoms with E-state index in [1.807, 2.05) is 52.8 Å². The third kappa shape index (κ3) is 11.8. The number of rotatable bonds is 15. The number of carbonyl (C=O) groups excluding carboxylic acids is 3. The Morgan fingerprint density at radius 1 is 1.07 bits per heavy atom. The van der Waals surface area contributed by atoms with E-state index in [1.54, 1.807) is 4.90 Å². The van der Waals surface area contributed by atoms with Crippen molar-refractivity contribution in [3.05, 3.63) is 23.8 Å². The predicted molar refractivity (Wildman–Crippen MR) is 175 cm³/mol. The lowest BCUT2D eigenvalue weighted by atomic mass is 9.93. The van der Waals surface area contributed by atoms with Crippen LogP contribution in [0.25, 0.3) is 0 Å². The van der Waals surface area contributed by atoms with Crippen LogP contribution < -0.4 is 10.1 Å². The molecule has 44 heavy (non-hydrogen) atoms. The third-order valence-electron chi connectivity index (χ3n) is 8.08. The summed E-state index contributed by atoms with van der Waals surface area (Å²) in [5.74, 6) is 0.514. The predicted octanol–water partition coefficient (Wildman–Crippen LogP) is 6.75. The second-order valence-corrected chi connectivity index (χ2v) is 13.8. The molecule has 1 N–H and O–H groups in total. The number of nitrogens with one attached hydrogen (secondary N) is 1. The lowest BCUT2D eigenvalue weighted by Gasteiger charge is -2.34. The molecule has 2 aliphatic rings. The molecule has 0 unspecified atom stereocenters.